The zero-order valence-corrected chi connectivity index (χ0v) is 10.1. The summed E-state index contributed by atoms with van der Waals surface area (Å²) < 4.78 is 9.63. The highest BCUT2D eigenvalue weighted by molar-refractivity contribution is 7.98. The maximum atomic E-state index is 11.2. The Balaban J connectivity index is 2.59. The van der Waals surface area contributed by atoms with Gasteiger partial charge in [-0.1, -0.05) is 0 Å². The Hall–Kier alpha value is -1.08. The maximum Gasteiger partial charge on any atom is 0.379 e. The molecular formula is C9H15N3O3S. The molecule has 0 aliphatic carbocycles. The molecule has 1 atom stereocenters. The molecule has 0 aromatic carbocycles. The van der Waals surface area contributed by atoms with E-state index in [0.29, 0.717) is 0 Å². The number of carbonyl (C=O) groups excluding carboxylic acids is 1. The first-order chi connectivity index (χ1) is 7.69. The van der Waals surface area contributed by atoms with E-state index in [1.807, 2.05) is 6.26 Å². The minimum atomic E-state index is -0.588. The van der Waals surface area contributed by atoms with Crippen LogP contribution in [0.2, 0.25) is 0 Å². The summed E-state index contributed by atoms with van der Waals surface area (Å²) in [5, 5.41) is 3.52. The van der Waals surface area contributed by atoms with Crippen LogP contribution in [0.15, 0.2) is 4.52 Å². The van der Waals surface area contributed by atoms with E-state index in [2.05, 4.69) is 10.1 Å². The smallest absolute Gasteiger partial charge is 0.379 e. The Morgan fingerprint density at radius 2 is 2.44 bits per heavy atom. The quantitative estimate of drug-likeness (QED) is 0.747. The Labute approximate surface area is 97.9 Å². The molecule has 0 aliphatic heterocycles. The molecule has 0 spiro atoms. The number of ether oxygens (including phenoxy) is 1. The van der Waals surface area contributed by atoms with Gasteiger partial charge in [0, 0.05) is 0 Å². The molecule has 1 aromatic heterocycles. The normalized spacial score (nSPS) is 12.4. The van der Waals surface area contributed by atoms with Gasteiger partial charge in [0.1, 0.15) is 0 Å². The number of nitrogens with two attached hydrogens (primary N) is 1. The molecule has 1 aromatic rings. The molecule has 90 valence electrons. The van der Waals surface area contributed by atoms with Crippen molar-refractivity contribution in [2.45, 2.75) is 19.4 Å². The van der Waals surface area contributed by atoms with Gasteiger partial charge in [0.2, 0.25) is 5.89 Å². The molecule has 7 heteroatoms. The zero-order chi connectivity index (χ0) is 12.0. The highest BCUT2D eigenvalue weighted by Crippen LogP contribution is 2.14. The van der Waals surface area contributed by atoms with Crippen LogP contribution in [0, 0.1) is 0 Å². The standard InChI is InChI=1S/C9H15N3O3S/c1-3-14-9(13)7-11-8(15-12-7)6(10)4-5-16-2/h6H,3-5,10H2,1-2H3/t6-/m0/s1. The van der Waals surface area contributed by atoms with Gasteiger partial charge in [0.05, 0.1) is 12.6 Å². The van der Waals surface area contributed by atoms with Crippen LogP contribution in [0.4, 0.5) is 0 Å². The molecule has 2 N–H and O–H groups in total. The molecule has 0 unspecified atom stereocenters. The van der Waals surface area contributed by atoms with Crippen LogP contribution in [-0.2, 0) is 4.74 Å². The summed E-state index contributed by atoms with van der Waals surface area (Å²) >= 11 is 1.68. The van der Waals surface area contributed by atoms with Gasteiger partial charge in [-0.15, -0.1) is 0 Å². The predicted molar refractivity (Wildman–Crippen MR) is 60.2 cm³/mol. The van der Waals surface area contributed by atoms with E-state index in [-0.39, 0.29) is 24.4 Å². The van der Waals surface area contributed by atoms with Crippen LogP contribution >= 0.6 is 11.8 Å². The highest BCUT2D eigenvalue weighted by atomic mass is 32.2. The number of esters is 1. The second-order valence-electron chi connectivity index (χ2n) is 3.06. The minimum absolute atomic E-state index is 0.0727. The van der Waals surface area contributed by atoms with Gasteiger partial charge >= 0.3 is 5.97 Å². The van der Waals surface area contributed by atoms with Crippen LogP contribution in [0.3, 0.4) is 0 Å². The molecule has 0 saturated heterocycles. The first-order valence-corrected chi connectivity index (χ1v) is 6.33. The lowest BCUT2D eigenvalue weighted by molar-refractivity contribution is 0.0508. The molecule has 16 heavy (non-hydrogen) atoms. The first-order valence-electron chi connectivity index (χ1n) is 4.94. The average Bonchev–Trinajstić information content (AvgIpc) is 2.75. The van der Waals surface area contributed by atoms with Crippen molar-refractivity contribution in [3.8, 4) is 0 Å². The van der Waals surface area contributed by atoms with Crippen LogP contribution in [0.25, 0.3) is 0 Å². The van der Waals surface area contributed by atoms with Crippen molar-refractivity contribution < 1.29 is 14.1 Å². The van der Waals surface area contributed by atoms with E-state index < -0.39 is 5.97 Å². The SMILES string of the molecule is CCOC(=O)c1noc([C@@H](N)CCSC)n1. The van der Waals surface area contributed by atoms with Gasteiger partial charge in [-0.2, -0.15) is 16.7 Å². The van der Waals surface area contributed by atoms with Gasteiger partial charge in [-0.05, 0) is 30.5 Å². The molecule has 0 amide bonds. The number of rotatable bonds is 6. The number of carbonyl (C=O) groups is 1. The fourth-order valence-corrected chi connectivity index (χ4v) is 1.52. The lowest BCUT2D eigenvalue weighted by Crippen LogP contribution is -2.12. The van der Waals surface area contributed by atoms with Crippen molar-refractivity contribution in [1.29, 1.82) is 0 Å². The van der Waals surface area contributed by atoms with Crippen molar-refractivity contribution in [3.05, 3.63) is 11.7 Å². The average molecular weight is 245 g/mol. The summed E-state index contributed by atoms with van der Waals surface area (Å²) in [6, 6.07) is -0.330. The topological polar surface area (TPSA) is 91.2 Å². The van der Waals surface area contributed by atoms with Crippen molar-refractivity contribution in [2.75, 3.05) is 18.6 Å². The first kappa shape index (κ1) is 13.0. The van der Waals surface area contributed by atoms with Crippen LogP contribution < -0.4 is 5.73 Å². The van der Waals surface area contributed by atoms with Gasteiger partial charge in [0.15, 0.2) is 0 Å². The number of hydrogen-bond donors (Lipinski definition) is 1. The maximum absolute atomic E-state index is 11.2. The van der Waals surface area contributed by atoms with E-state index in [0.717, 1.165) is 12.2 Å². The fraction of sp³-hybridized carbons (Fsp3) is 0.667. The molecule has 0 fully saturated rings. The third kappa shape index (κ3) is 3.49. The van der Waals surface area contributed by atoms with Crippen LogP contribution in [-0.4, -0.2) is 34.7 Å². The van der Waals surface area contributed by atoms with E-state index in [1.165, 1.54) is 0 Å². The number of nitrogens with zero attached hydrogens (tertiary/aromatic N) is 2. The Bertz CT molecular complexity index is 342. The Morgan fingerprint density at radius 1 is 1.69 bits per heavy atom. The van der Waals surface area contributed by atoms with Crippen LogP contribution in [0.5, 0.6) is 0 Å². The monoisotopic (exact) mass is 245 g/mol. The molecule has 1 rings (SSSR count). The van der Waals surface area contributed by atoms with Crippen molar-refractivity contribution in [1.82, 2.24) is 10.1 Å². The summed E-state index contributed by atoms with van der Waals surface area (Å²) in [5.74, 6) is 0.515. The molecule has 0 aliphatic rings. The molecule has 0 bridgehead atoms. The number of thioether (sulfide) groups is 1. The second kappa shape index (κ2) is 6.49. The molecule has 1 heterocycles. The number of aromatic nitrogens is 2. The van der Waals surface area contributed by atoms with Crippen molar-refractivity contribution in [2.24, 2.45) is 5.73 Å². The van der Waals surface area contributed by atoms with Gasteiger partial charge < -0.3 is 15.0 Å². The van der Waals surface area contributed by atoms with Crippen LogP contribution in [0.1, 0.15) is 35.9 Å². The van der Waals surface area contributed by atoms with Gasteiger partial charge in [0.25, 0.3) is 5.82 Å². The van der Waals surface area contributed by atoms with E-state index in [9.17, 15) is 4.79 Å². The van der Waals surface area contributed by atoms with Gasteiger partial charge in [-0.25, -0.2) is 4.79 Å². The summed E-state index contributed by atoms with van der Waals surface area (Å²) in [4.78, 5) is 15.1. The van der Waals surface area contributed by atoms with Gasteiger partial charge in [-0.3, -0.25) is 0 Å². The summed E-state index contributed by atoms with van der Waals surface area (Å²) in [5.41, 5.74) is 5.81. The van der Waals surface area contributed by atoms with E-state index in [4.69, 9.17) is 15.0 Å². The second-order valence-corrected chi connectivity index (χ2v) is 4.05. The fourth-order valence-electron chi connectivity index (χ4n) is 1.03. The summed E-state index contributed by atoms with van der Waals surface area (Å²) in [7, 11) is 0. The van der Waals surface area contributed by atoms with Crippen molar-refractivity contribution in [3.63, 3.8) is 0 Å². The van der Waals surface area contributed by atoms with Crippen molar-refractivity contribution >= 4 is 17.7 Å². The highest BCUT2D eigenvalue weighted by Gasteiger charge is 2.19. The Kier molecular flexibility index (Phi) is 5.27. The lowest BCUT2D eigenvalue weighted by atomic mass is 10.2. The lowest BCUT2D eigenvalue weighted by Gasteiger charge is -2.03. The van der Waals surface area contributed by atoms with E-state index >= 15 is 0 Å². The number of hydrogen-bond acceptors (Lipinski definition) is 7. The summed E-state index contributed by atoms with van der Waals surface area (Å²) in [6.07, 6.45) is 2.72. The largest absolute Gasteiger partial charge is 0.460 e. The molecule has 6 nitrogen and oxygen atoms in total. The van der Waals surface area contributed by atoms with E-state index in [1.54, 1.807) is 18.7 Å². The Morgan fingerprint density at radius 3 is 3.06 bits per heavy atom. The molecular weight excluding hydrogens is 230 g/mol. The predicted octanol–water partition coefficient (Wildman–Crippen LogP) is 0.999. The summed E-state index contributed by atoms with van der Waals surface area (Å²) in [6.45, 7) is 1.99. The minimum Gasteiger partial charge on any atom is -0.460 e. The third-order valence-corrected chi connectivity index (χ3v) is 2.49. The molecule has 0 radical (unpaired) electrons. The third-order valence-electron chi connectivity index (χ3n) is 1.85. The zero-order valence-electron chi connectivity index (χ0n) is 9.30. The molecule has 0 saturated carbocycles.